The van der Waals surface area contributed by atoms with Gasteiger partial charge in [-0.2, -0.15) is 0 Å². The van der Waals surface area contributed by atoms with Gasteiger partial charge in [0.25, 0.3) is 11.8 Å². The van der Waals surface area contributed by atoms with Crippen LogP contribution in [-0.2, 0) is 47.8 Å². The number of primary amides is 2. The largest absolute Gasteiger partial charge is 0.463 e. The first-order valence-electron chi connectivity index (χ1n) is 24.6. The monoisotopic (exact) mass is 1100 g/mol. The lowest BCUT2D eigenvalue weighted by molar-refractivity contribution is -0.160. The number of carbonyl (C=O) groups is 10. The molecular weight excluding hydrogens is 1040 g/mol. The highest BCUT2D eigenvalue weighted by Crippen LogP contribution is 2.33. The van der Waals surface area contributed by atoms with Gasteiger partial charge in [-0.1, -0.05) is 52.0 Å². The number of rotatable bonds is 7. The number of hydrogen-bond donors (Lipinski definition) is 4. The molecule has 2 bridgehead atoms. The zero-order valence-corrected chi connectivity index (χ0v) is 46.2. The van der Waals surface area contributed by atoms with E-state index in [4.69, 9.17) is 20.9 Å². The molecule has 4 aromatic rings. The fraction of sp³-hybridized carbons (Fsp3) is 0.490. The highest BCUT2D eigenvalue weighted by atomic mass is 32.2. The first kappa shape index (κ1) is 58.8. The molecule has 6 rings (SSSR count). The maximum absolute atomic E-state index is 15.4. The van der Waals surface area contributed by atoms with Crippen molar-refractivity contribution in [2.75, 3.05) is 53.4 Å². The van der Waals surface area contributed by atoms with Gasteiger partial charge >= 0.3 is 11.9 Å². The van der Waals surface area contributed by atoms with Crippen molar-refractivity contribution in [3.05, 3.63) is 71.3 Å². The van der Waals surface area contributed by atoms with Gasteiger partial charge in [-0.3, -0.25) is 38.4 Å². The predicted molar refractivity (Wildman–Crippen MR) is 284 cm³/mol. The normalized spacial score (nSPS) is 25.5. The summed E-state index contributed by atoms with van der Waals surface area (Å²) in [6.45, 7) is 7.68. The molecule has 9 atom stereocenters. The van der Waals surface area contributed by atoms with Gasteiger partial charge in [0.05, 0.1) is 38.0 Å². The van der Waals surface area contributed by atoms with Gasteiger partial charge in [-0.15, -0.1) is 23.5 Å². The summed E-state index contributed by atoms with van der Waals surface area (Å²) in [5.41, 5.74) is 11.2. The second kappa shape index (κ2) is 24.7. The third-order valence-electron chi connectivity index (χ3n) is 13.5. The van der Waals surface area contributed by atoms with E-state index in [0.29, 0.717) is 0 Å². The van der Waals surface area contributed by atoms with E-state index in [2.05, 4.69) is 30.6 Å². The van der Waals surface area contributed by atoms with Crippen LogP contribution in [0, 0.1) is 11.8 Å². The lowest BCUT2D eigenvalue weighted by atomic mass is 9.99. The van der Waals surface area contributed by atoms with Gasteiger partial charge in [0.15, 0.2) is 11.4 Å². The van der Waals surface area contributed by atoms with Crippen molar-refractivity contribution in [1.29, 1.82) is 0 Å². The molecule has 8 amide bonds. The minimum Gasteiger partial charge on any atom is -0.463 e. The fourth-order valence-electron chi connectivity index (χ4n) is 9.35. The quantitative estimate of drug-likeness (QED) is 0.186. The topological polar surface area (TPSA) is 330 Å². The van der Waals surface area contributed by atoms with Crippen LogP contribution in [0.1, 0.15) is 85.7 Å². The molecular formula is C51H64N12O12S2. The summed E-state index contributed by atoms with van der Waals surface area (Å²) in [6.07, 6.45) is 1.66. The van der Waals surface area contributed by atoms with Crippen molar-refractivity contribution in [3.63, 3.8) is 0 Å². The average Bonchev–Trinajstić information content (AvgIpc) is 3.38. The Morgan fingerprint density at radius 3 is 1.35 bits per heavy atom. The Morgan fingerprint density at radius 1 is 0.597 bits per heavy atom. The number of amides is 8. The molecule has 2 saturated heterocycles. The van der Waals surface area contributed by atoms with E-state index in [1.807, 2.05) is 0 Å². The van der Waals surface area contributed by atoms with E-state index in [0.717, 1.165) is 43.1 Å². The number of benzene rings is 2. The van der Waals surface area contributed by atoms with Crippen molar-refractivity contribution in [2.45, 2.75) is 94.2 Å². The molecule has 77 heavy (non-hydrogen) atoms. The number of nitrogens with one attached hydrogen (secondary N) is 2. The zero-order chi connectivity index (χ0) is 56.9. The lowest BCUT2D eigenvalue weighted by Crippen LogP contribution is -2.60. The molecule has 4 heterocycles. The molecule has 2 aliphatic heterocycles. The molecule has 2 aromatic carbocycles. The summed E-state index contributed by atoms with van der Waals surface area (Å²) >= 11 is 2.15. The summed E-state index contributed by atoms with van der Waals surface area (Å²) in [5, 5.41) is 5.28. The lowest BCUT2D eigenvalue weighted by Gasteiger charge is -2.40. The van der Waals surface area contributed by atoms with E-state index in [-0.39, 0.29) is 39.2 Å². The summed E-state index contributed by atoms with van der Waals surface area (Å²) in [7, 11) is 5.32. The number of carbonyl (C=O) groups excluding carboxylic acids is 10. The Bertz CT molecular complexity index is 3000. The number of esters is 2. The van der Waals surface area contributed by atoms with Gasteiger partial charge in [0.2, 0.25) is 35.4 Å². The maximum atomic E-state index is 15.4. The number of thioether (sulfide) groups is 2. The van der Waals surface area contributed by atoms with Crippen LogP contribution in [0.5, 0.6) is 0 Å². The maximum Gasteiger partial charge on any atom is 0.329 e. The molecule has 24 nitrogen and oxygen atoms in total. The first-order valence-corrected chi connectivity index (χ1v) is 26.9. The predicted octanol–water partition coefficient (Wildman–Crippen LogP) is 0.804. The molecule has 2 fully saturated rings. The highest BCUT2D eigenvalue weighted by Gasteiger charge is 2.46. The number of aromatic nitrogens is 4. The molecule has 9 unspecified atom stereocenters. The van der Waals surface area contributed by atoms with E-state index in [1.54, 1.807) is 82.5 Å². The average molecular weight is 1100 g/mol. The molecule has 2 aromatic heterocycles. The number of nitrogens with two attached hydrogens (primary N) is 2. The van der Waals surface area contributed by atoms with Gasteiger partial charge in [0, 0.05) is 33.9 Å². The van der Waals surface area contributed by atoms with Gasteiger partial charge in [0.1, 0.15) is 61.3 Å². The Hall–Kier alpha value is -7.48. The van der Waals surface area contributed by atoms with E-state index < -0.39 is 148 Å². The van der Waals surface area contributed by atoms with E-state index in [1.165, 1.54) is 42.0 Å². The number of para-hydroxylation sites is 4. The molecule has 2 aliphatic rings. The SMILES string of the molecule is CSC1SCC2C(=O)N(C)C(C(C)C)C(=O)OCC(c3nc4ccccc4nc3C(N)=O)C(=O)NC(C)C(=O)N(C)C1C(=O)N(C)C(C(C)C)C(=O)OCC(c1nc3ccccc3nc1C(N)=O)C(=O)NC(C)C(=O)N2C. The van der Waals surface area contributed by atoms with Crippen LogP contribution in [0.15, 0.2) is 48.5 Å². The number of fused-ring (bicyclic) bond motifs is 6. The molecule has 0 spiro atoms. The summed E-state index contributed by atoms with van der Waals surface area (Å²) in [5.74, 6) is -14.1. The standard InChI is InChI=1S/C51H64N12O12S2/c1-23(2)38-49(72)74-20-28(35-37(42(53)65)59-32-19-15-13-17-30(32)57-35)44(67)55-26(6)46(69)63(10)40-48(71)62(9)39(24(3)4)50(73)75-21-27(34-36(41(52)64)58-31-18-14-12-16-29(31)56-34)43(66)54-25(5)45(68)60(7)33(47(70)61(38)8)22-77-51(40)76-11/h12-19,23-28,33,38-40,51H,20-22H2,1-11H3,(H2,52,64)(H2,53,65)(H,54,66)(H,55,67). The first-order chi connectivity index (χ1) is 36.3. The molecule has 6 N–H and O–H groups in total. The Labute approximate surface area is 452 Å². The highest BCUT2D eigenvalue weighted by molar-refractivity contribution is 8.16. The van der Waals surface area contributed by atoms with Gasteiger partial charge in [-0.05, 0) is 56.2 Å². The van der Waals surface area contributed by atoms with Crippen LogP contribution >= 0.6 is 23.5 Å². The van der Waals surface area contributed by atoms with Crippen molar-refractivity contribution >= 4 is 105 Å². The third-order valence-corrected chi connectivity index (χ3v) is 16.3. The second-order valence-corrected chi connectivity index (χ2v) is 22.0. The second-order valence-electron chi connectivity index (χ2n) is 19.5. The van der Waals surface area contributed by atoms with Gasteiger partial charge in [-0.25, -0.2) is 29.5 Å². The van der Waals surface area contributed by atoms with Crippen LogP contribution in [0.3, 0.4) is 0 Å². The Morgan fingerprint density at radius 2 is 0.974 bits per heavy atom. The number of nitrogens with zero attached hydrogens (tertiary/aromatic N) is 8. The molecule has 412 valence electrons. The third kappa shape index (κ3) is 12.5. The number of hydrogen-bond acceptors (Lipinski definition) is 18. The van der Waals surface area contributed by atoms with Crippen molar-refractivity contribution in [2.24, 2.45) is 23.3 Å². The minimum atomic E-state index is -1.64. The van der Waals surface area contributed by atoms with Crippen molar-refractivity contribution in [1.82, 2.24) is 50.2 Å². The van der Waals surface area contributed by atoms with Crippen LogP contribution in [0.25, 0.3) is 22.1 Å². The summed E-state index contributed by atoms with van der Waals surface area (Å²) in [6, 6.07) is 4.31. The number of ether oxygens (including phenoxy) is 2. The zero-order valence-electron chi connectivity index (χ0n) is 44.5. The van der Waals surface area contributed by atoms with Crippen molar-refractivity contribution < 1.29 is 57.4 Å². The van der Waals surface area contributed by atoms with E-state index in [9.17, 15) is 38.4 Å². The van der Waals surface area contributed by atoms with E-state index >= 15 is 9.59 Å². The van der Waals surface area contributed by atoms with Crippen LogP contribution < -0.4 is 22.1 Å². The van der Waals surface area contributed by atoms with Gasteiger partial charge < -0.3 is 51.2 Å². The number of likely N-dealkylation sites (N-methyl/N-ethyl adjacent to an activating group) is 4. The molecule has 0 radical (unpaired) electrons. The molecule has 0 aliphatic carbocycles. The minimum absolute atomic E-state index is 0.250. The Balaban J connectivity index is 1.54. The van der Waals surface area contributed by atoms with Crippen LogP contribution in [0.2, 0.25) is 0 Å². The number of cyclic esters (lactones) is 2. The molecule has 26 heteroatoms. The summed E-state index contributed by atoms with van der Waals surface area (Å²) in [4.78, 5) is 167. The van der Waals surface area contributed by atoms with Crippen LogP contribution in [0.4, 0.5) is 0 Å². The fourth-order valence-corrected chi connectivity index (χ4v) is 11.9. The van der Waals surface area contributed by atoms with Crippen molar-refractivity contribution in [3.8, 4) is 0 Å². The Kier molecular flexibility index (Phi) is 18.8. The smallest absolute Gasteiger partial charge is 0.329 e. The summed E-state index contributed by atoms with van der Waals surface area (Å²) < 4.78 is 10.8. The molecule has 0 saturated carbocycles. The van der Waals surface area contributed by atoms with Crippen LogP contribution in [-0.4, -0.2) is 193 Å².